The number of hydrogen-bond donors (Lipinski definition) is 1. The van der Waals surface area contributed by atoms with Crippen LogP contribution in [0.2, 0.25) is 0 Å². The Morgan fingerprint density at radius 2 is 1.83 bits per heavy atom. The van der Waals surface area contributed by atoms with Crippen LogP contribution < -0.4 is 10.1 Å². The van der Waals surface area contributed by atoms with Crippen LogP contribution in [-0.4, -0.2) is 25.2 Å². The lowest BCUT2D eigenvalue weighted by molar-refractivity contribution is -0.136. The molecule has 0 aliphatic heterocycles. The Kier molecular flexibility index (Phi) is 5.61. The van der Waals surface area contributed by atoms with E-state index in [9.17, 15) is 4.79 Å². The van der Waals surface area contributed by atoms with Crippen molar-refractivity contribution in [1.82, 2.24) is 0 Å². The number of methoxy groups -OCH3 is 1. The van der Waals surface area contributed by atoms with Crippen molar-refractivity contribution in [3.63, 3.8) is 0 Å². The van der Waals surface area contributed by atoms with Crippen molar-refractivity contribution in [2.45, 2.75) is 39.2 Å². The fourth-order valence-corrected chi connectivity index (χ4v) is 2.37. The highest BCUT2D eigenvalue weighted by Crippen LogP contribution is 2.32. The molecule has 0 unspecified atom stereocenters. The minimum absolute atomic E-state index is 0.144. The van der Waals surface area contributed by atoms with Gasteiger partial charge in [-0.05, 0) is 31.9 Å². The van der Waals surface area contributed by atoms with Gasteiger partial charge in [0, 0.05) is 23.6 Å². The molecule has 0 aromatic heterocycles. The monoisotopic (exact) mass is 315 g/mol. The Hall–Kier alpha value is -2.07. The zero-order valence-electron chi connectivity index (χ0n) is 14.3. The first-order valence-corrected chi connectivity index (χ1v) is 8.07. The number of carbonyl (C=O) groups is 1. The molecule has 0 aliphatic carbocycles. The Morgan fingerprint density at radius 1 is 1.13 bits per heavy atom. The molecule has 0 aliphatic rings. The third kappa shape index (κ3) is 3.64. The van der Waals surface area contributed by atoms with Crippen LogP contribution in [0, 0.1) is 0 Å². The van der Waals surface area contributed by atoms with Gasteiger partial charge in [-0.1, -0.05) is 38.1 Å². The topological polar surface area (TPSA) is 47.6 Å². The number of anilines is 1. The standard InChI is InChI=1S/C19H25NO3/c1-5-13-23-17-12-11-16(14-9-7-8-10-15(14)17)20-18(21)19(3,6-2)22-4/h7-12H,5-6,13H2,1-4H3,(H,20,21)/t19-/m1/s1. The molecule has 1 N–H and O–H groups in total. The maximum atomic E-state index is 12.5. The molecule has 4 nitrogen and oxygen atoms in total. The van der Waals surface area contributed by atoms with E-state index in [4.69, 9.17) is 9.47 Å². The molecule has 0 radical (unpaired) electrons. The van der Waals surface area contributed by atoms with Crippen molar-refractivity contribution < 1.29 is 14.3 Å². The number of ether oxygens (including phenoxy) is 2. The summed E-state index contributed by atoms with van der Waals surface area (Å²) in [5.74, 6) is 0.695. The largest absolute Gasteiger partial charge is 0.493 e. The van der Waals surface area contributed by atoms with Gasteiger partial charge in [0.05, 0.1) is 6.61 Å². The summed E-state index contributed by atoms with van der Waals surface area (Å²) in [4.78, 5) is 12.5. The van der Waals surface area contributed by atoms with Gasteiger partial charge in [0.2, 0.25) is 0 Å². The summed E-state index contributed by atoms with van der Waals surface area (Å²) in [6, 6.07) is 11.7. The number of fused-ring (bicyclic) bond motifs is 1. The van der Waals surface area contributed by atoms with Crippen LogP contribution >= 0.6 is 0 Å². The third-order valence-corrected chi connectivity index (χ3v) is 4.20. The molecule has 124 valence electrons. The van der Waals surface area contributed by atoms with Crippen molar-refractivity contribution in [2.75, 3.05) is 19.0 Å². The fraction of sp³-hybridized carbons (Fsp3) is 0.421. The summed E-state index contributed by atoms with van der Waals surface area (Å²) < 4.78 is 11.2. The molecule has 0 bridgehead atoms. The second-order valence-corrected chi connectivity index (χ2v) is 5.75. The summed E-state index contributed by atoms with van der Waals surface area (Å²) in [5.41, 5.74) is -0.0652. The number of carbonyl (C=O) groups excluding carboxylic acids is 1. The number of amides is 1. The van der Waals surface area contributed by atoms with Crippen LogP contribution in [0.4, 0.5) is 5.69 Å². The predicted octanol–water partition coefficient (Wildman–Crippen LogP) is 4.38. The highest BCUT2D eigenvalue weighted by Gasteiger charge is 2.31. The molecule has 0 saturated heterocycles. The molecule has 2 aromatic carbocycles. The Morgan fingerprint density at radius 3 is 2.43 bits per heavy atom. The molecule has 0 heterocycles. The van der Waals surface area contributed by atoms with Gasteiger partial charge >= 0.3 is 0 Å². The molecule has 2 aromatic rings. The van der Waals surface area contributed by atoms with Gasteiger partial charge in [0.25, 0.3) is 5.91 Å². The van der Waals surface area contributed by atoms with E-state index in [1.165, 1.54) is 0 Å². The van der Waals surface area contributed by atoms with Gasteiger partial charge in [0.15, 0.2) is 0 Å². The predicted molar refractivity (Wildman–Crippen MR) is 94.1 cm³/mol. The van der Waals surface area contributed by atoms with E-state index in [-0.39, 0.29) is 5.91 Å². The van der Waals surface area contributed by atoms with Crippen LogP contribution in [0.3, 0.4) is 0 Å². The minimum atomic E-state index is -0.835. The molecule has 2 rings (SSSR count). The van der Waals surface area contributed by atoms with E-state index in [2.05, 4.69) is 12.2 Å². The van der Waals surface area contributed by atoms with Gasteiger partial charge in [-0.2, -0.15) is 0 Å². The third-order valence-electron chi connectivity index (χ3n) is 4.20. The van der Waals surface area contributed by atoms with E-state index in [1.54, 1.807) is 14.0 Å². The second-order valence-electron chi connectivity index (χ2n) is 5.75. The summed E-state index contributed by atoms with van der Waals surface area (Å²) >= 11 is 0. The van der Waals surface area contributed by atoms with Gasteiger partial charge in [-0.3, -0.25) is 4.79 Å². The number of benzene rings is 2. The quantitative estimate of drug-likeness (QED) is 0.824. The van der Waals surface area contributed by atoms with Crippen LogP contribution in [0.5, 0.6) is 5.75 Å². The Labute approximate surface area is 137 Å². The van der Waals surface area contributed by atoms with Crippen LogP contribution in [0.1, 0.15) is 33.6 Å². The Bertz CT molecular complexity index is 677. The van der Waals surface area contributed by atoms with E-state index in [0.717, 1.165) is 28.6 Å². The highest BCUT2D eigenvalue weighted by molar-refractivity contribution is 6.06. The van der Waals surface area contributed by atoms with Gasteiger partial charge in [-0.15, -0.1) is 0 Å². The first-order chi connectivity index (χ1) is 11.1. The lowest BCUT2D eigenvalue weighted by Gasteiger charge is -2.25. The van der Waals surface area contributed by atoms with Crippen LogP contribution in [0.15, 0.2) is 36.4 Å². The number of rotatable bonds is 7. The summed E-state index contributed by atoms with van der Waals surface area (Å²) in [6.45, 7) is 6.48. The first-order valence-electron chi connectivity index (χ1n) is 8.07. The molecule has 0 saturated carbocycles. The molecular formula is C19H25NO3. The van der Waals surface area contributed by atoms with E-state index in [1.807, 2.05) is 43.3 Å². The summed E-state index contributed by atoms with van der Waals surface area (Å²) in [6.07, 6.45) is 1.56. The molecular weight excluding hydrogens is 290 g/mol. The molecule has 0 spiro atoms. The summed E-state index contributed by atoms with van der Waals surface area (Å²) in [7, 11) is 1.56. The number of hydrogen-bond acceptors (Lipinski definition) is 3. The van der Waals surface area contributed by atoms with Crippen molar-refractivity contribution in [2.24, 2.45) is 0 Å². The maximum Gasteiger partial charge on any atom is 0.256 e. The van der Waals surface area contributed by atoms with Crippen molar-refractivity contribution >= 4 is 22.4 Å². The molecule has 4 heteroatoms. The second kappa shape index (κ2) is 7.47. The maximum absolute atomic E-state index is 12.5. The average Bonchev–Trinajstić information content (AvgIpc) is 2.60. The van der Waals surface area contributed by atoms with Crippen LogP contribution in [0.25, 0.3) is 10.8 Å². The molecule has 1 atom stereocenters. The van der Waals surface area contributed by atoms with Crippen molar-refractivity contribution in [3.8, 4) is 5.75 Å². The lowest BCUT2D eigenvalue weighted by Crippen LogP contribution is -2.41. The Balaban J connectivity index is 2.37. The smallest absolute Gasteiger partial charge is 0.256 e. The van der Waals surface area contributed by atoms with Gasteiger partial charge in [0.1, 0.15) is 11.4 Å². The van der Waals surface area contributed by atoms with E-state index < -0.39 is 5.60 Å². The van der Waals surface area contributed by atoms with Crippen LogP contribution in [-0.2, 0) is 9.53 Å². The minimum Gasteiger partial charge on any atom is -0.493 e. The van der Waals surface area contributed by atoms with Crippen molar-refractivity contribution in [1.29, 1.82) is 0 Å². The number of nitrogens with one attached hydrogen (secondary N) is 1. The lowest BCUT2D eigenvalue weighted by atomic mass is 10.0. The van der Waals surface area contributed by atoms with Gasteiger partial charge < -0.3 is 14.8 Å². The zero-order valence-corrected chi connectivity index (χ0v) is 14.3. The SMILES string of the molecule is CCCOc1ccc(NC(=O)[C@@](C)(CC)OC)c2ccccc12. The fourth-order valence-electron chi connectivity index (χ4n) is 2.37. The highest BCUT2D eigenvalue weighted by atomic mass is 16.5. The molecule has 1 amide bonds. The van der Waals surface area contributed by atoms with Gasteiger partial charge in [-0.25, -0.2) is 0 Å². The van der Waals surface area contributed by atoms with Crippen molar-refractivity contribution in [3.05, 3.63) is 36.4 Å². The zero-order chi connectivity index (χ0) is 16.9. The molecule has 23 heavy (non-hydrogen) atoms. The average molecular weight is 315 g/mol. The molecule has 0 fully saturated rings. The summed E-state index contributed by atoms with van der Waals surface area (Å²) in [5, 5.41) is 4.95. The normalized spacial score (nSPS) is 13.6. The van der Waals surface area contributed by atoms with E-state index >= 15 is 0 Å². The first kappa shape index (κ1) is 17.3. The van der Waals surface area contributed by atoms with E-state index in [0.29, 0.717) is 13.0 Å².